The van der Waals surface area contributed by atoms with Gasteiger partial charge in [-0.2, -0.15) is 0 Å². The molecule has 46 heavy (non-hydrogen) atoms. The molecule has 1 aromatic heterocycles. The van der Waals surface area contributed by atoms with Gasteiger partial charge in [-0.3, -0.25) is 14.4 Å². The number of nitrogens with one attached hydrogen (secondary N) is 3. The van der Waals surface area contributed by atoms with Crippen LogP contribution >= 0.6 is 39.0 Å². The molecule has 3 amide bonds. The van der Waals surface area contributed by atoms with Gasteiger partial charge in [0.05, 0.1) is 18.1 Å². The molecule has 0 fully saturated rings. The summed E-state index contributed by atoms with van der Waals surface area (Å²) in [6, 6.07) is 30.8. The molecule has 0 aliphatic heterocycles. The number of amides is 3. The number of carbonyl (C=O) groups excluding carboxylic acids is 3. The summed E-state index contributed by atoms with van der Waals surface area (Å²) in [6.45, 7) is 1.81. The van der Waals surface area contributed by atoms with Crippen LogP contribution in [0.25, 0.3) is 17.3 Å². The smallest absolute Gasteiger partial charge is 0.272 e. The second-order valence-electron chi connectivity index (χ2n) is 9.90. The Morgan fingerprint density at radius 3 is 2.41 bits per heavy atom. The van der Waals surface area contributed by atoms with Crippen LogP contribution in [0, 0.1) is 0 Å². The summed E-state index contributed by atoms with van der Waals surface area (Å²) < 4.78 is 6.42. The van der Waals surface area contributed by atoms with Crippen LogP contribution in [-0.2, 0) is 9.59 Å². The predicted molar refractivity (Wildman–Crippen MR) is 189 cm³/mol. The SMILES string of the molecule is COc1ccccc1/C=C(/NC(=O)c1ccccc1)C(=O)Nc1cccc(SC(C)C(=O)Nc2nc(-c3ccc(Br)cc3)cs2)c1. The second kappa shape index (κ2) is 15.5. The highest BCUT2D eigenvalue weighted by Gasteiger charge is 2.19. The maximum Gasteiger partial charge on any atom is 0.272 e. The monoisotopic (exact) mass is 712 g/mol. The fourth-order valence-corrected chi connectivity index (χ4v) is 6.19. The number of ether oxygens (including phenoxy) is 1. The van der Waals surface area contributed by atoms with Gasteiger partial charge >= 0.3 is 0 Å². The van der Waals surface area contributed by atoms with E-state index in [0.717, 1.165) is 20.6 Å². The minimum atomic E-state index is -0.520. The van der Waals surface area contributed by atoms with E-state index in [1.807, 2.05) is 60.8 Å². The van der Waals surface area contributed by atoms with E-state index in [1.54, 1.807) is 60.7 Å². The maximum atomic E-state index is 13.5. The highest BCUT2D eigenvalue weighted by molar-refractivity contribution is 9.10. The molecule has 232 valence electrons. The number of hydrogen-bond acceptors (Lipinski definition) is 7. The lowest BCUT2D eigenvalue weighted by molar-refractivity contribution is -0.115. The number of para-hydroxylation sites is 1. The van der Waals surface area contributed by atoms with E-state index in [0.29, 0.717) is 27.7 Å². The Bertz CT molecular complexity index is 1880. The van der Waals surface area contributed by atoms with E-state index < -0.39 is 17.1 Å². The molecule has 0 aliphatic rings. The molecule has 1 atom stereocenters. The molecule has 4 aromatic carbocycles. The van der Waals surface area contributed by atoms with Gasteiger partial charge in [0.2, 0.25) is 5.91 Å². The molecule has 0 spiro atoms. The van der Waals surface area contributed by atoms with Gasteiger partial charge < -0.3 is 20.7 Å². The average molecular weight is 714 g/mol. The number of nitrogens with zero attached hydrogens (tertiary/aromatic N) is 1. The number of carbonyl (C=O) groups is 3. The minimum Gasteiger partial charge on any atom is -0.496 e. The summed E-state index contributed by atoms with van der Waals surface area (Å²) in [4.78, 5) is 44.9. The summed E-state index contributed by atoms with van der Waals surface area (Å²) in [5, 5.41) is 10.5. The number of hydrogen-bond donors (Lipinski definition) is 3. The normalized spacial score (nSPS) is 11.8. The fourth-order valence-electron chi connectivity index (χ4n) is 4.28. The summed E-state index contributed by atoms with van der Waals surface area (Å²) in [5.74, 6) is -0.588. The number of anilines is 2. The van der Waals surface area contributed by atoms with Gasteiger partial charge in [-0.05, 0) is 61.5 Å². The van der Waals surface area contributed by atoms with Crippen molar-refractivity contribution in [2.75, 3.05) is 17.7 Å². The molecule has 0 saturated carbocycles. The Labute approximate surface area is 283 Å². The van der Waals surface area contributed by atoms with E-state index in [-0.39, 0.29) is 11.6 Å². The van der Waals surface area contributed by atoms with Gasteiger partial charge in [-0.25, -0.2) is 4.98 Å². The maximum absolute atomic E-state index is 13.5. The van der Waals surface area contributed by atoms with Crippen molar-refractivity contribution in [3.05, 3.63) is 130 Å². The van der Waals surface area contributed by atoms with Crippen LogP contribution in [0.3, 0.4) is 0 Å². The van der Waals surface area contributed by atoms with Gasteiger partial charge in [0.1, 0.15) is 11.4 Å². The third-order valence-corrected chi connectivity index (χ3v) is 9.00. The number of rotatable bonds is 11. The highest BCUT2D eigenvalue weighted by atomic mass is 79.9. The Morgan fingerprint density at radius 1 is 0.913 bits per heavy atom. The van der Waals surface area contributed by atoms with Crippen LogP contribution in [0.5, 0.6) is 5.75 Å². The molecule has 0 saturated heterocycles. The first kappa shape index (κ1) is 32.7. The first-order valence-electron chi connectivity index (χ1n) is 14.1. The van der Waals surface area contributed by atoms with Crippen molar-refractivity contribution in [2.45, 2.75) is 17.1 Å². The van der Waals surface area contributed by atoms with Crippen molar-refractivity contribution in [3.8, 4) is 17.0 Å². The molecule has 3 N–H and O–H groups in total. The van der Waals surface area contributed by atoms with Crippen molar-refractivity contribution in [1.29, 1.82) is 0 Å². The lowest BCUT2D eigenvalue weighted by Gasteiger charge is -2.14. The summed E-state index contributed by atoms with van der Waals surface area (Å²) in [6.07, 6.45) is 1.57. The molecule has 11 heteroatoms. The van der Waals surface area contributed by atoms with Crippen LogP contribution in [-0.4, -0.2) is 35.1 Å². The summed E-state index contributed by atoms with van der Waals surface area (Å²) in [7, 11) is 1.54. The van der Waals surface area contributed by atoms with Crippen molar-refractivity contribution >= 4 is 73.6 Å². The van der Waals surface area contributed by atoms with E-state index in [1.165, 1.54) is 30.2 Å². The molecular formula is C35H29BrN4O4S2. The number of benzene rings is 4. The van der Waals surface area contributed by atoms with E-state index in [9.17, 15) is 14.4 Å². The zero-order chi connectivity index (χ0) is 32.5. The fraction of sp³-hybridized carbons (Fsp3) is 0.0857. The average Bonchev–Trinajstić information content (AvgIpc) is 3.53. The zero-order valence-electron chi connectivity index (χ0n) is 24.8. The van der Waals surface area contributed by atoms with Gasteiger partial charge in [0, 0.05) is 37.1 Å². The van der Waals surface area contributed by atoms with Crippen molar-refractivity contribution < 1.29 is 19.1 Å². The molecule has 5 aromatic rings. The molecule has 5 rings (SSSR count). The molecule has 0 aliphatic carbocycles. The topological polar surface area (TPSA) is 109 Å². The first-order chi connectivity index (χ1) is 22.3. The molecule has 8 nitrogen and oxygen atoms in total. The molecule has 1 heterocycles. The summed E-state index contributed by atoms with van der Waals surface area (Å²) in [5.41, 5.74) is 3.32. The van der Waals surface area contributed by atoms with E-state index in [2.05, 4.69) is 36.9 Å². The van der Waals surface area contributed by atoms with Crippen molar-refractivity contribution in [3.63, 3.8) is 0 Å². The van der Waals surface area contributed by atoms with E-state index >= 15 is 0 Å². The third kappa shape index (κ3) is 8.72. The Hall–Kier alpha value is -4.71. The number of aromatic nitrogens is 1. The third-order valence-electron chi connectivity index (χ3n) is 6.62. The Morgan fingerprint density at radius 2 is 1.65 bits per heavy atom. The standard InChI is InChI=1S/C35H29BrN4O4S2/c1-22(32(41)40-35-39-30(21-45-35)23-15-17-26(36)18-16-23)46-28-13-8-12-27(20-28)37-34(43)29(19-25-11-6-7-14-31(25)44-2)38-33(42)24-9-4-3-5-10-24/h3-22H,1-2H3,(H,37,43)(H,38,42)(H,39,40,41)/b29-19+. The van der Waals surface area contributed by atoms with Crippen LogP contribution in [0.1, 0.15) is 22.8 Å². The first-order valence-corrected chi connectivity index (χ1v) is 16.7. The zero-order valence-corrected chi connectivity index (χ0v) is 28.0. The largest absolute Gasteiger partial charge is 0.496 e. The van der Waals surface area contributed by atoms with Crippen molar-refractivity contribution in [1.82, 2.24) is 10.3 Å². The highest BCUT2D eigenvalue weighted by Crippen LogP contribution is 2.29. The number of halogens is 1. The van der Waals surface area contributed by atoms with Gasteiger partial charge in [0.15, 0.2) is 5.13 Å². The molecule has 0 bridgehead atoms. The quantitative estimate of drug-likeness (QED) is 0.0943. The van der Waals surface area contributed by atoms with E-state index in [4.69, 9.17) is 4.74 Å². The van der Waals surface area contributed by atoms with Crippen molar-refractivity contribution in [2.24, 2.45) is 0 Å². The summed E-state index contributed by atoms with van der Waals surface area (Å²) >= 11 is 6.15. The van der Waals surface area contributed by atoms with Gasteiger partial charge in [-0.15, -0.1) is 23.1 Å². The minimum absolute atomic E-state index is 0.0371. The Kier molecular flexibility index (Phi) is 11.0. The lowest BCUT2D eigenvalue weighted by Crippen LogP contribution is -2.30. The molecule has 0 radical (unpaired) electrons. The van der Waals surface area contributed by atoms with Crippen LogP contribution in [0.15, 0.2) is 124 Å². The van der Waals surface area contributed by atoms with Crippen LogP contribution in [0.2, 0.25) is 0 Å². The number of thioether (sulfide) groups is 1. The van der Waals surface area contributed by atoms with Gasteiger partial charge in [-0.1, -0.05) is 70.5 Å². The Balaban J connectivity index is 1.27. The van der Waals surface area contributed by atoms with Crippen LogP contribution < -0.4 is 20.7 Å². The number of methoxy groups -OCH3 is 1. The molecule has 1 unspecified atom stereocenters. The second-order valence-corrected chi connectivity index (χ2v) is 13.1. The molecular weight excluding hydrogens is 684 g/mol. The predicted octanol–water partition coefficient (Wildman–Crippen LogP) is 8.11. The van der Waals surface area contributed by atoms with Gasteiger partial charge in [0.25, 0.3) is 11.8 Å². The lowest BCUT2D eigenvalue weighted by atomic mass is 10.1. The number of thiazole rings is 1. The van der Waals surface area contributed by atoms with Crippen LogP contribution in [0.4, 0.5) is 10.8 Å².